The van der Waals surface area contributed by atoms with Gasteiger partial charge in [-0.05, 0) is 19.1 Å². The van der Waals surface area contributed by atoms with Crippen LogP contribution in [0.4, 0.5) is 0 Å². The van der Waals surface area contributed by atoms with Crippen molar-refractivity contribution in [2.45, 2.75) is 42.5 Å². The molecule has 0 aromatic heterocycles. The van der Waals surface area contributed by atoms with Crippen molar-refractivity contribution in [3.05, 3.63) is 29.8 Å². The van der Waals surface area contributed by atoms with Crippen LogP contribution < -0.4 is 0 Å². The van der Waals surface area contributed by atoms with Gasteiger partial charge in [-0.15, -0.1) is 0 Å². The van der Waals surface area contributed by atoms with Gasteiger partial charge in [-0.25, -0.2) is 0 Å². The molecule has 130 valence electrons. The van der Waals surface area contributed by atoms with Crippen LogP contribution in [0.1, 0.15) is 5.56 Å². The highest BCUT2D eigenvalue weighted by Crippen LogP contribution is 2.23. The Kier molecular flexibility index (Phi) is 5.74. The second kappa shape index (κ2) is 7.22. The molecule has 0 amide bonds. The zero-order chi connectivity index (χ0) is 17.2. The summed E-state index contributed by atoms with van der Waals surface area (Å²) in [5.74, 6) is 0. The van der Waals surface area contributed by atoms with Crippen molar-refractivity contribution in [3.8, 4) is 0 Å². The third kappa shape index (κ3) is 4.07. The molecule has 0 unspecified atom stereocenters. The Labute approximate surface area is 134 Å². The van der Waals surface area contributed by atoms with E-state index < -0.39 is 47.4 Å². The minimum atomic E-state index is -4.03. The molecule has 3 N–H and O–H groups in total. The van der Waals surface area contributed by atoms with E-state index in [-0.39, 0.29) is 4.90 Å². The summed E-state index contributed by atoms with van der Waals surface area (Å²) in [6, 6.07) is 6.06. The maximum atomic E-state index is 12.1. The fourth-order valence-corrected chi connectivity index (χ4v) is 3.10. The van der Waals surface area contributed by atoms with E-state index in [0.29, 0.717) is 0 Å². The number of hydrogen-bond donors (Lipinski definition) is 3. The number of aryl methyl sites for hydroxylation is 1. The second-order valence-corrected chi connectivity index (χ2v) is 6.92. The molecular weight excluding hydrogens is 328 g/mol. The van der Waals surface area contributed by atoms with Crippen molar-refractivity contribution in [3.63, 3.8) is 0 Å². The van der Waals surface area contributed by atoms with Crippen molar-refractivity contribution in [2.75, 3.05) is 13.7 Å². The average Bonchev–Trinajstić information content (AvgIpc) is 2.52. The van der Waals surface area contributed by atoms with E-state index in [2.05, 4.69) is 0 Å². The summed E-state index contributed by atoms with van der Waals surface area (Å²) in [7, 11) is -2.78. The van der Waals surface area contributed by atoms with Crippen LogP contribution in [0.25, 0.3) is 0 Å². The van der Waals surface area contributed by atoms with E-state index >= 15 is 0 Å². The molecule has 1 aromatic carbocycles. The van der Waals surface area contributed by atoms with Gasteiger partial charge < -0.3 is 24.8 Å². The van der Waals surface area contributed by atoms with Crippen LogP contribution in [0.15, 0.2) is 29.2 Å². The maximum absolute atomic E-state index is 12.1. The molecule has 9 heteroatoms. The van der Waals surface area contributed by atoms with Crippen LogP contribution in [0.2, 0.25) is 0 Å². The summed E-state index contributed by atoms with van der Waals surface area (Å²) in [6.07, 6.45) is -6.85. The minimum absolute atomic E-state index is 0.0303. The molecule has 1 heterocycles. The van der Waals surface area contributed by atoms with Crippen LogP contribution in [-0.4, -0.2) is 68.2 Å². The molecule has 1 aliphatic rings. The normalized spacial score (nSPS) is 32.0. The van der Waals surface area contributed by atoms with Gasteiger partial charge in [0.2, 0.25) is 0 Å². The number of benzene rings is 1. The van der Waals surface area contributed by atoms with Crippen molar-refractivity contribution in [1.29, 1.82) is 0 Å². The van der Waals surface area contributed by atoms with E-state index in [1.165, 1.54) is 19.2 Å². The minimum Gasteiger partial charge on any atom is -0.387 e. The summed E-state index contributed by atoms with van der Waals surface area (Å²) in [6.45, 7) is 1.29. The van der Waals surface area contributed by atoms with Crippen LogP contribution >= 0.6 is 0 Å². The van der Waals surface area contributed by atoms with Crippen molar-refractivity contribution < 1.29 is 37.4 Å². The molecule has 1 aromatic rings. The predicted molar refractivity (Wildman–Crippen MR) is 78.0 cm³/mol. The highest BCUT2D eigenvalue weighted by molar-refractivity contribution is 7.86. The predicted octanol–water partition coefficient (Wildman–Crippen LogP) is -0.846. The Morgan fingerprint density at radius 3 is 2.26 bits per heavy atom. The molecule has 0 saturated carbocycles. The highest BCUT2D eigenvalue weighted by Gasteiger charge is 2.44. The van der Waals surface area contributed by atoms with Gasteiger partial charge in [-0.3, -0.25) is 4.18 Å². The number of methoxy groups -OCH3 is 1. The molecule has 1 saturated heterocycles. The Balaban J connectivity index is 2.05. The lowest BCUT2D eigenvalue weighted by atomic mass is 9.99. The van der Waals surface area contributed by atoms with Crippen molar-refractivity contribution in [2.24, 2.45) is 0 Å². The molecule has 2 rings (SSSR count). The van der Waals surface area contributed by atoms with E-state index in [9.17, 15) is 23.7 Å². The number of hydrogen-bond acceptors (Lipinski definition) is 8. The number of aliphatic hydroxyl groups excluding tert-OH is 3. The molecule has 0 spiro atoms. The van der Waals surface area contributed by atoms with Gasteiger partial charge in [0, 0.05) is 7.11 Å². The monoisotopic (exact) mass is 348 g/mol. The topological polar surface area (TPSA) is 123 Å². The first-order valence-electron chi connectivity index (χ1n) is 6.95. The van der Waals surface area contributed by atoms with Crippen molar-refractivity contribution in [1.82, 2.24) is 0 Å². The molecule has 1 fully saturated rings. The average molecular weight is 348 g/mol. The third-order valence-corrected chi connectivity index (χ3v) is 4.89. The maximum Gasteiger partial charge on any atom is 0.297 e. The summed E-state index contributed by atoms with van der Waals surface area (Å²) in [5.41, 5.74) is 0.898. The number of rotatable bonds is 5. The Bertz CT molecular complexity index is 612. The fourth-order valence-electron chi connectivity index (χ4n) is 2.18. The molecule has 8 nitrogen and oxygen atoms in total. The first-order valence-corrected chi connectivity index (χ1v) is 8.35. The summed E-state index contributed by atoms with van der Waals surface area (Å²) in [5, 5.41) is 29.2. The van der Waals surface area contributed by atoms with Crippen LogP contribution in [-0.2, 0) is 23.8 Å². The van der Waals surface area contributed by atoms with Crippen LogP contribution in [0.5, 0.6) is 0 Å². The zero-order valence-electron chi connectivity index (χ0n) is 12.7. The Morgan fingerprint density at radius 1 is 1.09 bits per heavy atom. The number of aliphatic hydroxyl groups is 3. The summed E-state index contributed by atoms with van der Waals surface area (Å²) >= 11 is 0. The van der Waals surface area contributed by atoms with Gasteiger partial charge in [0.05, 0.1) is 11.5 Å². The lowest BCUT2D eigenvalue weighted by Gasteiger charge is -2.39. The molecular formula is C14H20O8S. The van der Waals surface area contributed by atoms with Gasteiger partial charge in [0.25, 0.3) is 10.1 Å². The quantitative estimate of drug-likeness (QED) is 0.589. The summed E-state index contributed by atoms with van der Waals surface area (Å²) in [4.78, 5) is -0.0303. The lowest BCUT2D eigenvalue weighted by molar-refractivity contribution is -0.293. The van der Waals surface area contributed by atoms with Gasteiger partial charge in [-0.2, -0.15) is 8.42 Å². The number of ether oxygens (including phenoxy) is 2. The van der Waals surface area contributed by atoms with Crippen LogP contribution in [0.3, 0.4) is 0 Å². The fraction of sp³-hybridized carbons (Fsp3) is 0.571. The molecule has 0 bridgehead atoms. The molecule has 0 radical (unpaired) electrons. The first-order chi connectivity index (χ1) is 10.8. The standard InChI is InChI=1S/C14H20O8S/c1-8-3-5-9(6-4-8)23(18,19)21-7-10-11(15)12(16)13(17)14(20-2)22-10/h3-6,10-17H,7H2,1-2H3/t10-,11-,12-,13-,14+/m0/s1. The van der Waals surface area contributed by atoms with E-state index in [1.807, 2.05) is 6.92 Å². The van der Waals surface area contributed by atoms with Gasteiger partial charge in [-0.1, -0.05) is 17.7 Å². The smallest absolute Gasteiger partial charge is 0.297 e. The Morgan fingerprint density at radius 2 is 1.70 bits per heavy atom. The largest absolute Gasteiger partial charge is 0.387 e. The molecule has 0 aliphatic carbocycles. The van der Waals surface area contributed by atoms with E-state index in [0.717, 1.165) is 5.56 Å². The molecule has 23 heavy (non-hydrogen) atoms. The van der Waals surface area contributed by atoms with E-state index in [4.69, 9.17) is 13.7 Å². The molecule has 1 aliphatic heterocycles. The molecule has 5 atom stereocenters. The van der Waals surface area contributed by atoms with Gasteiger partial charge in [0.15, 0.2) is 6.29 Å². The SMILES string of the molecule is CO[C@@H]1O[C@@H](COS(=O)(=O)c2ccc(C)cc2)[C@H](O)[C@H](O)[C@@H]1O. The van der Waals surface area contributed by atoms with E-state index in [1.54, 1.807) is 12.1 Å². The van der Waals surface area contributed by atoms with Gasteiger partial charge >= 0.3 is 0 Å². The zero-order valence-corrected chi connectivity index (χ0v) is 13.5. The first kappa shape index (κ1) is 18.3. The highest BCUT2D eigenvalue weighted by atomic mass is 32.2. The second-order valence-electron chi connectivity index (χ2n) is 5.30. The van der Waals surface area contributed by atoms with Crippen molar-refractivity contribution >= 4 is 10.1 Å². The lowest BCUT2D eigenvalue weighted by Crippen LogP contribution is -2.59. The van der Waals surface area contributed by atoms with Crippen LogP contribution in [0, 0.1) is 6.92 Å². The third-order valence-electron chi connectivity index (χ3n) is 3.60. The Hall–Kier alpha value is -1.07. The van der Waals surface area contributed by atoms with Gasteiger partial charge in [0.1, 0.15) is 24.4 Å². The summed E-state index contributed by atoms with van der Waals surface area (Å²) < 4.78 is 39.1.